The van der Waals surface area contributed by atoms with Gasteiger partial charge in [-0.05, 0) is 62.8 Å². The number of aromatic nitrogens is 1. The topological polar surface area (TPSA) is 24.9 Å². The fourth-order valence-corrected chi connectivity index (χ4v) is 6.55. The average molecular weight is 381 g/mol. The molecule has 0 spiro atoms. The van der Waals surface area contributed by atoms with Gasteiger partial charge in [0, 0.05) is 28.6 Å². The molecule has 1 aromatic carbocycles. The maximum atomic E-state index is 4.99. The molecule has 3 heteroatoms. The molecule has 0 amide bonds. The number of hydrogen-bond acceptors (Lipinski definition) is 3. The van der Waals surface area contributed by atoms with Crippen LogP contribution >= 0.6 is 11.3 Å². The molecule has 3 aliphatic rings. The Balaban J connectivity index is 1.37. The number of thiazole rings is 1. The third-order valence-electron chi connectivity index (χ3n) is 7.37. The van der Waals surface area contributed by atoms with Crippen LogP contribution in [-0.4, -0.2) is 11.0 Å². The monoisotopic (exact) mass is 380 g/mol. The van der Waals surface area contributed by atoms with Crippen molar-refractivity contribution in [2.45, 2.75) is 82.2 Å². The van der Waals surface area contributed by atoms with Crippen LogP contribution in [0.3, 0.4) is 0 Å². The second-order valence-electron chi connectivity index (χ2n) is 9.17. The van der Waals surface area contributed by atoms with Gasteiger partial charge in [0.15, 0.2) is 0 Å². The highest BCUT2D eigenvalue weighted by molar-refractivity contribution is 7.11. The number of hydrogen-bond donors (Lipinski definition) is 1. The minimum atomic E-state index is 0.160. The molecule has 0 saturated heterocycles. The van der Waals surface area contributed by atoms with Gasteiger partial charge in [0.05, 0.1) is 0 Å². The molecule has 3 saturated carbocycles. The van der Waals surface area contributed by atoms with Gasteiger partial charge in [-0.2, -0.15) is 0 Å². The van der Waals surface area contributed by atoms with Crippen molar-refractivity contribution in [1.82, 2.24) is 10.3 Å². The van der Waals surface area contributed by atoms with Crippen molar-refractivity contribution in [2.24, 2.45) is 11.8 Å². The highest BCUT2D eigenvalue weighted by Gasteiger charge is 2.41. The van der Waals surface area contributed by atoms with Gasteiger partial charge in [-0.1, -0.05) is 49.6 Å². The molecule has 2 unspecified atom stereocenters. The Morgan fingerprint density at radius 1 is 1.00 bits per heavy atom. The second-order valence-corrected chi connectivity index (χ2v) is 10.2. The first kappa shape index (κ1) is 17.9. The van der Waals surface area contributed by atoms with Crippen molar-refractivity contribution in [3.8, 4) is 0 Å². The normalized spacial score (nSPS) is 24.5. The van der Waals surface area contributed by atoms with Gasteiger partial charge in [-0.15, -0.1) is 11.3 Å². The van der Waals surface area contributed by atoms with Gasteiger partial charge in [-0.25, -0.2) is 4.98 Å². The molecule has 5 rings (SSSR count). The SMILES string of the molecule is CC(NC(C1CCC1)C1CC1)c1cnc(C2(c3ccccc3)CCCC2)s1. The summed E-state index contributed by atoms with van der Waals surface area (Å²) in [5.41, 5.74) is 1.63. The van der Waals surface area contributed by atoms with Crippen molar-refractivity contribution in [3.63, 3.8) is 0 Å². The number of benzene rings is 1. The van der Waals surface area contributed by atoms with Crippen LogP contribution in [0.4, 0.5) is 0 Å². The molecule has 2 atom stereocenters. The third kappa shape index (κ3) is 3.38. The molecule has 0 bridgehead atoms. The molecular weight excluding hydrogens is 348 g/mol. The summed E-state index contributed by atoms with van der Waals surface area (Å²) in [6.45, 7) is 2.36. The van der Waals surface area contributed by atoms with Gasteiger partial charge >= 0.3 is 0 Å². The zero-order valence-corrected chi connectivity index (χ0v) is 17.3. The van der Waals surface area contributed by atoms with E-state index in [1.54, 1.807) is 0 Å². The summed E-state index contributed by atoms with van der Waals surface area (Å²) >= 11 is 1.97. The molecule has 0 radical (unpaired) electrons. The molecule has 3 aliphatic carbocycles. The van der Waals surface area contributed by atoms with E-state index in [1.807, 2.05) is 11.3 Å². The van der Waals surface area contributed by atoms with Crippen molar-refractivity contribution in [1.29, 1.82) is 0 Å². The van der Waals surface area contributed by atoms with E-state index < -0.39 is 0 Å². The van der Waals surface area contributed by atoms with Crippen LogP contribution in [0.25, 0.3) is 0 Å². The summed E-state index contributed by atoms with van der Waals surface area (Å²) in [6.07, 6.45) is 14.5. The van der Waals surface area contributed by atoms with Crippen LogP contribution in [0.15, 0.2) is 36.5 Å². The largest absolute Gasteiger partial charge is 0.306 e. The summed E-state index contributed by atoms with van der Waals surface area (Å²) in [4.78, 5) is 6.42. The molecule has 1 heterocycles. The van der Waals surface area contributed by atoms with E-state index in [1.165, 1.54) is 73.2 Å². The number of nitrogens with zero attached hydrogens (tertiary/aromatic N) is 1. The van der Waals surface area contributed by atoms with E-state index in [2.05, 4.69) is 48.8 Å². The van der Waals surface area contributed by atoms with Crippen LogP contribution in [0.5, 0.6) is 0 Å². The van der Waals surface area contributed by atoms with Crippen molar-refractivity contribution in [3.05, 3.63) is 52.0 Å². The zero-order valence-electron chi connectivity index (χ0n) is 16.5. The first-order chi connectivity index (χ1) is 13.3. The van der Waals surface area contributed by atoms with Crippen LogP contribution in [0.2, 0.25) is 0 Å². The van der Waals surface area contributed by atoms with E-state index >= 15 is 0 Å². The van der Waals surface area contributed by atoms with Gasteiger partial charge in [0.1, 0.15) is 5.01 Å². The minimum Gasteiger partial charge on any atom is -0.306 e. The standard InChI is InChI=1S/C24H32N2S/c1-17(26-22(19-12-13-19)18-8-7-9-18)21-16-25-23(27-21)24(14-5-6-15-24)20-10-3-2-4-11-20/h2-4,10-11,16-19,22,26H,5-9,12-15H2,1H3. The smallest absolute Gasteiger partial charge is 0.103 e. The van der Waals surface area contributed by atoms with Gasteiger partial charge in [0.25, 0.3) is 0 Å². The molecule has 3 fully saturated rings. The first-order valence-electron chi connectivity index (χ1n) is 11.0. The second kappa shape index (κ2) is 7.33. The van der Waals surface area contributed by atoms with E-state index in [0.29, 0.717) is 6.04 Å². The molecule has 2 aromatic rings. The summed E-state index contributed by atoms with van der Waals surface area (Å²) in [6, 6.07) is 12.3. The highest BCUT2D eigenvalue weighted by atomic mass is 32.1. The molecule has 2 nitrogen and oxygen atoms in total. The number of nitrogens with one attached hydrogen (secondary N) is 1. The quantitative estimate of drug-likeness (QED) is 0.615. The summed E-state index contributed by atoms with van der Waals surface area (Å²) < 4.78 is 0. The lowest BCUT2D eigenvalue weighted by Gasteiger charge is -2.36. The van der Waals surface area contributed by atoms with Crippen LogP contribution in [-0.2, 0) is 5.41 Å². The van der Waals surface area contributed by atoms with Crippen molar-refractivity contribution < 1.29 is 0 Å². The lowest BCUT2D eigenvalue weighted by Crippen LogP contribution is -2.42. The summed E-state index contributed by atoms with van der Waals surface area (Å²) in [5.74, 6) is 1.87. The summed E-state index contributed by atoms with van der Waals surface area (Å²) in [7, 11) is 0. The Morgan fingerprint density at radius 2 is 1.70 bits per heavy atom. The Kier molecular flexibility index (Phi) is 4.85. The van der Waals surface area contributed by atoms with Gasteiger partial charge in [0.2, 0.25) is 0 Å². The average Bonchev–Trinajstić information content (AvgIpc) is 3.17. The third-order valence-corrected chi connectivity index (χ3v) is 8.76. The van der Waals surface area contributed by atoms with Crippen LogP contribution < -0.4 is 5.32 Å². The maximum absolute atomic E-state index is 4.99. The van der Waals surface area contributed by atoms with E-state index in [0.717, 1.165) is 17.9 Å². The van der Waals surface area contributed by atoms with Gasteiger partial charge in [-0.3, -0.25) is 0 Å². The fourth-order valence-electron chi connectivity index (χ4n) is 5.35. The van der Waals surface area contributed by atoms with E-state index in [9.17, 15) is 0 Å². The lowest BCUT2D eigenvalue weighted by molar-refractivity contribution is 0.199. The Bertz CT molecular complexity index is 754. The Hall–Kier alpha value is -1.19. The van der Waals surface area contributed by atoms with Crippen LogP contribution in [0, 0.1) is 11.8 Å². The van der Waals surface area contributed by atoms with Crippen LogP contribution in [0.1, 0.15) is 86.2 Å². The molecule has 1 N–H and O–H groups in total. The van der Waals surface area contributed by atoms with E-state index in [-0.39, 0.29) is 5.41 Å². The summed E-state index contributed by atoms with van der Waals surface area (Å²) in [5, 5.41) is 5.37. The molecule has 144 valence electrons. The van der Waals surface area contributed by atoms with Crippen molar-refractivity contribution >= 4 is 11.3 Å². The zero-order chi connectivity index (χ0) is 18.3. The molecular formula is C24H32N2S. The minimum absolute atomic E-state index is 0.160. The van der Waals surface area contributed by atoms with E-state index in [4.69, 9.17) is 4.98 Å². The molecule has 0 aliphatic heterocycles. The maximum Gasteiger partial charge on any atom is 0.103 e. The first-order valence-corrected chi connectivity index (χ1v) is 11.9. The molecule has 27 heavy (non-hydrogen) atoms. The predicted molar refractivity (Wildman–Crippen MR) is 113 cm³/mol. The number of rotatable bonds is 7. The van der Waals surface area contributed by atoms with Gasteiger partial charge < -0.3 is 5.32 Å². The highest BCUT2D eigenvalue weighted by Crippen LogP contribution is 2.48. The fraction of sp³-hybridized carbons (Fsp3) is 0.625. The Labute approximate surface area is 167 Å². The lowest BCUT2D eigenvalue weighted by atomic mass is 9.77. The Morgan fingerprint density at radius 3 is 2.33 bits per heavy atom. The molecule has 1 aromatic heterocycles. The van der Waals surface area contributed by atoms with Crippen molar-refractivity contribution in [2.75, 3.05) is 0 Å². The predicted octanol–water partition coefficient (Wildman–Crippen LogP) is 6.23.